The van der Waals surface area contributed by atoms with Gasteiger partial charge in [0, 0.05) is 25.4 Å². The van der Waals surface area contributed by atoms with E-state index in [9.17, 15) is 9.90 Å². The Morgan fingerprint density at radius 3 is 3.20 bits per heavy atom. The second kappa shape index (κ2) is 4.00. The van der Waals surface area contributed by atoms with Gasteiger partial charge < -0.3 is 15.2 Å². The molecule has 1 unspecified atom stereocenters. The molecule has 0 saturated carbocycles. The third-order valence-corrected chi connectivity index (χ3v) is 2.39. The van der Waals surface area contributed by atoms with Gasteiger partial charge in [-0.1, -0.05) is 0 Å². The number of aliphatic hydroxyl groups is 1. The van der Waals surface area contributed by atoms with E-state index in [1.807, 2.05) is 0 Å². The van der Waals surface area contributed by atoms with Gasteiger partial charge in [-0.3, -0.25) is 4.57 Å². The van der Waals surface area contributed by atoms with Crippen LogP contribution in [-0.2, 0) is 4.74 Å². The summed E-state index contributed by atoms with van der Waals surface area (Å²) in [7, 11) is 0. The number of aromatic nitrogens is 2. The Labute approximate surface area is 86.9 Å². The van der Waals surface area contributed by atoms with Crippen molar-refractivity contribution in [2.75, 3.05) is 19.8 Å². The number of hydrogen-bond donors (Lipinski definition) is 2. The third-order valence-electron chi connectivity index (χ3n) is 2.39. The van der Waals surface area contributed by atoms with Crippen LogP contribution in [0.5, 0.6) is 0 Å². The summed E-state index contributed by atoms with van der Waals surface area (Å²) in [4.78, 5) is 15.2. The zero-order chi connectivity index (χ0) is 10.7. The van der Waals surface area contributed by atoms with Crippen LogP contribution in [0.25, 0.3) is 0 Å². The molecule has 6 heteroatoms. The predicted molar refractivity (Wildman–Crippen MR) is 51.4 cm³/mol. The molecular weight excluding hydrogens is 198 g/mol. The molecule has 2 N–H and O–H groups in total. The van der Waals surface area contributed by atoms with E-state index in [4.69, 9.17) is 4.74 Å². The van der Waals surface area contributed by atoms with Crippen molar-refractivity contribution in [1.29, 1.82) is 0 Å². The zero-order valence-corrected chi connectivity index (χ0v) is 8.22. The summed E-state index contributed by atoms with van der Waals surface area (Å²) in [6.07, 6.45) is 5.03. The minimum Gasteiger partial charge on any atom is -0.386 e. The molecule has 82 valence electrons. The quantitative estimate of drug-likeness (QED) is 0.697. The highest BCUT2D eigenvalue weighted by Crippen LogP contribution is 2.16. The van der Waals surface area contributed by atoms with Gasteiger partial charge in [0.15, 0.2) is 0 Å². The Hall–Kier alpha value is -1.40. The fourth-order valence-corrected chi connectivity index (χ4v) is 1.45. The van der Waals surface area contributed by atoms with Gasteiger partial charge in [0.25, 0.3) is 0 Å². The maximum Gasteiger partial charge on any atom is 0.326 e. The minimum absolute atomic E-state index is 0.198. The monoisotopic (exact) mass is 211 g/mol. The fraction of sp³-hybridized carbons (Fsp3) is 0.556. The fourth-order valence-electron chi connectivity index (χ4n) is 1.45. The van der Waals surface area contributed by atoms with E-state index in [1.54, 1.807) is 6.20 Å². The lowest BCUT2D eigenvalue weighted by molar-refractivity contribution is 0.0292. The minimum atomic E-state index is -0.920. The number of carbonyl (C=O) groups excluding carboxylic acids is 1. The molecule has 1 aliphatic heterocycles. The van der Waals surface area contributed by atoms with E-state index >= 15 is 0 Å². The molecule has 2 rings (SSSR count). The third kappa shape index (κ3) is 2.34. The number of carbonyl (C=O) groups is 1. The number of ether oxygens (including phenoxy) is 1. The number of nitrogens with one attached hydrogen (secondary N) is 1. The van der Waals surface area contributed by atoms with Gasteiger partial charge in [0.1, 0.15) is 11.9 Å². The first-order chi connectivity index (χ1) is 7.20. The van der Waals surface area contributed by atoms with Gasteiger partial charge in [0.2, 0.25) is 0 Å². The van der Waals surface area contributed by atoms with Crippen LogP contribution in [0, 0.1) is 0 Å². The molecular formula is C9H13N3O3. The van der Waals surface area contributed by atoms with Crippen LogP contribution in [0.15, 0.2) is 18.7 Å². The Morgan fingerprint density at radius 1 is 1.73 bits per heavy atom. The van der Waals surface area contributed by atoms with E-state index < -0.39 is 5.60 Å². The lowest BCUT2D eigenvalue weighted by Gasteiger charge is -2.20. The van der Waals surface area contributed by atoms with Crippen molar-refractivity contribution in [2.45, 2.75) is 12.0 Å². The number of imidazole rings is 1. The average Bonchev–Trinajstić information content (AvgIpc) is 2.85. The highest BCUT2D eigenvalue weighted by Gasteiger charge is 2.32. The average molecular weight is 211 g/mol. The molecule has 1 saturated heterocycles. The lowest BCUT2D eigenvalue weighted by Crippen LogP contribution is -2.44. The van der Waals surface area contributed by atoms with Crippen LogP contribution in [0.3, 0.4) is 0 Å². The summed E-state index contributed by atoms with van der Waals surface area (Å²) >= 11 is 0. The molecule has 0 bridgehead atoms. The normalized spacial score (nSPS) is 25.4. The highest BCUT2D eigenvalue weighted by atomic mass is 16.5. The number of amides is 1. The van der Waals surface area contributed by atoms with Gasteiger partial charge in [-0.15, -0.1) is 0 Å². The van der Waals surface area contributed by atoms with Crippen LogP contribution in [0.4, 0.5) is 4.79 Å². The first-order valence-corrected chi connectivity index (χ1v) is 4.76. The van der Waals surface area contributed by atoms with Gasteiger partial charge in [-0.2, -0.15) is 0 Å². The maximum atomic E-state index is 11.5. The van der Waals surface area contributed by atoms with Crippen molar-refractivity contribution >= 4 is 6.03 Å². The molecule has 1 aliphatic rings. The summed E-state index contributed by atoms with van der Waals surface area (Å²) in [5, 5.41) is 12.5. The van der Waals surface area contributed by atoms with Crippen LogP contribution < -0.4 is 5.32 Å². The van der Waals surface area contributed by atoms with E-state index in [2.05, 4.69) is 10.3 Å². The number of nitrogens with zero attached hydrogens (tertiary/aromatic N) is 2. The van der Waals surface area contributed by atoms with Crippen molar-refractivity contribution in [2.24, 2.45) is 0 Å². The molecule has 1 amide bonds. The van der Waals surface area contributed by atoms with Crippen molar-refractivity contribution in [3.05, 3.63) is 18.7 Å². The van der Waals surface area contributed by atoms with Crippen LogP contribution in [-0.4, -0.2) is 46.0 Å². The van der Waals surface area contributed by atoms with Crippen molar-refractivity contribution in [3.63, 3.8) is 0 Å². The van der Waals surface area contributed by atoms with Gasteiger partial charge in [0.05, 0.1) is 13.2 Å². The van der Waals surface area contributed by atoms with Crippen LogP contribution in [0.1, 0.15) is 6.42 Å². The summed E-state index contributed by atoms with van der Waals surface area (Å²) < 4.78 is 6.38. The SMILES string of the molecule is O=C(NCC1(O)CCOC1)n1ccnc1. The first kappa shape index (κ1) is 10.1. The van der Waals surface area contributed by atoms with Gasteiger partial charge in [-0.05, 0) is 0 Å². The summed E-state index contributed by atoms with van der Waals surface area (Å²) in [5.41, 5.74) is -0.920. The lowest BCUT2D eigenvalue weighted by atomic mass is 10.0. The molecule has 1 fully saturated rings. The molecule has 2 heterocycles. The molecule has 0 spiro atoms. The maximum absolute atomic E-state index is 11.5. The number of hydrogen-bond acceptors (Lipinski definition) is 4. The smallest absolute Gasteiger partial charge is 0.326 e. The second-order valence-corrected chi connectivity index (χ2v) is 3.66. The molecule has 1 aromatic heterocycles. The standard InChI is InChI=1S/C9H13N3O3/c13-8(12-3-2-10-7-12)11-5-9(14)1-4-15-6-9/h2-3,7,14H,1,4-6H2,(H,11,13). The van der Waals surface area contributed by atoms with E-state index in [0.717, 1.165) is 0 Å². The largest absolute Gasteiger partial charge is 0.386 e. The van der Waals surface area contributed by atoms with Crippen LogP contribution in [0.2, 0.25) is 0 Å². The molecule has 0 radical (unpaired) electrons. The molecule has 1 atom stereocenters. The van der Waals surface area contributed by atoms with Crippen molar-refractivity contribution < 1.29 is 14.6 Å². The van der Waals surface area contributed by atoms with E-state index in [-0.39, 0.29) is 19.2 Å². The summed E-state index contributed by atoms with van der Waals surface area (Å²) in [6, 6.07) is -0.298. The van der Waals surface area contributed by atoms with Crippen LogP contribution >= 0.6 is 0 Å². The van der Waals surface area contributed by atoms with E-state index in [0.29, 0.717) is 13.0 Å². The number of rotatable bonds is 2. The van der Waals surface area contributed by atoms with Crippen molar-refractivity contribution in [1.82, 2.24) is 14.9 Å². The highest BCUT2D eigenvalue weighted by molar-refractivity contribution is 5.76. The van der Waals surface area contributed by atoms with Crippen molar-refractivity contribution in [3.8, 4) is 0 Å². The molecule has 1 aromatic rings. The van der Waals surface area contributed by atoms with Gasteiger partial charge in [-0.25, -0.2) is 9.78 Å². The Morgan fingerprint density at radius 2 is 2.60 bits per heavy atom. The molecule has 0 aromatic carbocycles. The Balaban J connectivity index is 1.85. The molecule has 0 aliphatic carbocycles. The zero-order valence-electron chi connectivity index (χ0n) is 8.22. The Bertz CT molecular complexity index is 330. The molecule has 15 heavy (non-hydrogen) atoms. The van der Waals surface area contributed by atoms with Gasteiger partial charge >= 0.3 is 6.03 Å². The predicted octanol–water partition coefficient (Wildman–Crippen LogP) is -0.408. The first-order valence-electron chi connectivity index (χ1n) is 4.76. The summed E-state index contributed by atoms with van der Waals surface area (Å²) in [5.74, 6) is 0. The Kier molecular flexibility index (Phi) is 2.70. The second-order valence-electron chi connectivity index (χ2n) is 3.66. The van der Waals surface area contributed by atoms with E-state index in [1.165, 1.54) is 17.1 Å². The molecule has 6 nitrogen and oxygen atoms in total. The topological polar surface area (TPSA) is 76.4 Å². The summed E-state index contributed by atoms with van der Waals surface area (Å²) in [6.45, 7) is 1.01.